The highest BCUT2D eigenvalue weighted by molar-refractivity contribution is 7.19. The molecule has 0 N–H and O–H groups in total. The Bertz CT molecular complexity index is 617. The highest BCUT2D eigenvalue weighted by Gasteiger charge is 2.34. The maximum atomic E-state index is 14.2. The van der Waals surface area contributed by atoms with E-state index in [4.69, 9.17) is 9.39 Å². The van der Waals surface area contributed by atoms with E-state index in [0.29, 0.717) is 5.46 Å². The first-order valence-electron chi connectivity index (χ1n) is 7.97. The summed E-state index contributed by atoms with van der Waals surface area (Å²) in [6, 6.07) is 1.28. The van der Waals surface area contributed by atoms with Crippen LogP contribution in [0.25, 0.3) is 0 Å². The monoisotopic (exact) mass is 370 g/mol. The number of hydrogen-bond acceptors (Lipinski definition) is 5. The van der Waals surface area contributed by atoms with Crippen LogP contribution in [-0.4, -0.2) is 42.9 Å². The lowest BCUT2D eigenvalue weighted by Gasteiger charge is -2.38. The van der Waals surface area contributed by atoms with E-state index in [0.717, 1.165) is 0 Å². The van der Waals surface area contributed by atoms with Crippen LogP contribution in [0.1, 0.15) is 41.5 Å². The van der Waals surface area contributed by atoms with E-state index in [-0.39, 0.29) is 17.6 Å². The molecule has 1 aromatic rings. The van der Waals surface area contributed by atoms with Crippen molar-refractivity contribution in [2.24, 2.45) is 5.41 Å². The van der Waals surface area contributed by atoms with Crippen molar-refractivity contribution in [1.29, 1.82) is 0 Å². The molecular weight excluding hydrogens is 343 g/mol. The minimum Gasteiger partial charge on any atom is -0.474 e. The van der Waals surface area contributed by atoms with Crippen molar-refractivity contribution in [3.63, 3.8) is 0 Å². The molecule has 0 aliphatic rings. The van der Waals surface area contributed by atoms with Crippen LogP contribution in [0.5, 0.6) is 5.88 Å². The zero-order valence-electron chi connectivity index (χ0n) is 16.0. The number of carbonyl (C=O) groups is 1. The number of methoxy groups -OCH3 is 1. The van der Waals surface area contributed by atoms with Crippen LogP contribution in [0.15, 0.2) is 12.3 Å². The second kappa shape index (κ2) is 8.00. The summed E-state index contributed by atoms with van der Waals surface area (Å²) in [6.07, 6.45) is 1.45. The molecular formula is C17H27BFNO4P. The Morgan fingerprint density at radius 1 is 1.28 bits per heavy atom. The average Bonchev–Trinajstić information content (AvgIpc) is 2.50. The molecule has 1 rings (SSSR count). The predicted molar refractivity (Wildman–Crippen MR) is 99.8 cm³/mol. The molecule has 1 heterocycles. The fraction of sp³-hybridized carbons (Fsp3) is 0.647. The molecule has 1 unspecified atom stereocenters. The molecule has 1 atom stereocenters. The molecule has 0 aliphatic carbocycles. The number of aromatic nitrogens is 1. The average molecular weight is 370 g/mol. The zero-order valence-corrected chi connectivity index (χ0v) is 17.1. The van der Waals surface area contributed by atoms with Crippen LogP contribution in [0.4, 0.5) is 4.39 Å². The Morgan fingerprint density at radius 2 is 1.88 bits per heavy atom. The lowest BCUT2D eigenvalue weighted by Crippen LogP contribution is -2.45. The fourth-order valence-electron chi connectivity index (χ4n) is 1.56. The molecule has 0 aliphatic heterocycles. The number of carbonyl (C=O) groups excluding carboxylic acids is 1. The van der Waals surface area contributed by atoms with E-state index in [9.17, 15) is 9.18 Å². The number of hydrogen-bond donors (Lipinski definition) is 0. The summed E-state index contributed by atoms with van der Waals surface area (Å²) in [5.74, 6) is -1.23. The Morgan fingerprint density at radius 3 is 2.36 bits per heavy atom. The van der Waals surface area contributed by atoms with Gasteiger partial charge in [0.2, 0.25) is 5.88 Å². The molecule has 8 heteroatoms. The van der Waals surface area contributed by atoms with Crippen LogP contribution in [0, 0.1) is 11.2 Å². The van der Waals surface area contributed by atoms with Crippen molar-refractivity contribution in [3.05, 3.63) is 18.1 Å². The maximum Gasteiger partial charge on any atom is 0.332 e. The van der Waals surface area contributed by atoms with E-state index in [1.54, 1.807) is 13.8 Å². The van der Waals surface area contributed by atoms with Crippen LogP contribution in [0.3, 0.4) is 0 Å². The smallest absolute Gasteiger partial charge is 0.332 e. The summed E-state index contributed by atoms with van der Waals surface area (Å²) in [5.41, 5.74) is -0.877. The molecule has 1 radical (unpaired) electrons. The lowest BCUT2D eigenvalue weighted by atomic mass is 9.85. The standard InChI is InChI=1S/C17H27BFNO4P/c1-15(2,14(21)22-7)10-23-13-12(19)8-11(9-20-13)18-24-16(3,4)17(5,6)25/h8-9H,10,25H2,1-7H3. The molecule has 0 saturated carbocycles. The topological polar surface area (TPSA) is 57.7 Å². The van der Waals surface area contributed by atoms with Gasteiger partial charge in [-0.3, -0.25) is 4.79 Å². The molecule has 0 spiro atoms. The van der Waals surface area contributed by atoms with Crippen molar-refractivity contribution in [1.82, 2.24) is 4.98 Å². The number of rotatable bonds is 8. The Labute approximate surface area is 152 Å². The van der Waals surface area contributed by atoms with E-state index >= 15 is 0 Å². The van der Waals surface area contributed by atoms with Crippen molar-refractivity contribution < 1.29 is 23.3 Å². The summed E-state index contributed by atoms with van der Waals surface area (Å²) in [6.45, 7) is 11.2. The Kier molecular flexibility index (Phi) is 6.99. The SMILES string of the molecule is COC(=O)C(C)(C)COc1ncc([B]OC(C)(C)C(C)(C)P)cc1F. The second-order valence-electron chi connectivity index (χ2n) is 7.69. The summed E-state index contributed by atoms with van der Waals surface area (Å²) >= 11 is 0. The van der Waals surface area contributed by atoms with Gasteiger partial charge >= 0.3 is 13.5 Å². The van der Waals surface area contributed by atoms with Gasteiger partial charge in [-0.2, -0.15) is 0 Å². The van der Waals surface area contributed by atoms with Crippen LogP contribution in [0.2, 0.25) is 0 Å². The van der Waals surface area contributed by atoms with Gasteiger partial charge in [0.15, 0.2) is 5.82 Å². The van der Waals surface area contributed by atoms with E-state index in [2.05, 4.69) is 19.0 Å². The third-order valence-electron chi connectivity index (χ3n) is 4.18. The van der Waals surface area contributed by atoms with Gasteiger partial charge in [0, 0.05) is 11.4 Å². The zero-order chi connectivity index (χ0) is 19.5. The summed E-state index contributed by atoms with van der Waals surface area (Å²) in [5, 5.41) is -0.169. The van der Waals surface area contributed by atoms with Crippen LogP contribution < -0.4 is 10.2 Å². The minimum absolute atomic E-state index is 0.0442. The van der Waals surface area contributed by atoms with Gasteiger partial charge in [-0.05, 0) is 39.2 Å². The number of esters is 1. The number of nitrogens with zero attached hydrogens (tertiary/aromatic N) is 1. The third-order valence-corrected chi connectivity index (χ3v) is 4.87. The van der Waals surface area contributed by atoms with Crippen molar-refractivity contribution in [2.75, 3.05) is 13.7 Å². The minimum atomic E-state index is -0.898. The molecule has 5 nitrogen and oxygen atoms in total. The van der Waals surface area contributed by atoms with E-state index < -0.39 is 22.8 Å². The third kappa shape index (κ3) is 5.93. The fourth-order valence-corrected chi connectivity index (χ4v) is 1.63. The molecule has 0 bridgehead atoms. The van der Waals surface area contributed by atoms with Crippen LogP contribution in [-0.2, 0) is 14.2 Å². The highest BCUT2D eigenvalue weighted by Crippen LogP contribution is 2.33. The molecule has 1 aromatic heterocycles. The predicted octanol–water partition coefficient (Wildman–Crippen LogP) is 2.49. The molecule has 139 valence electrons. The quantitative estimate of drug-likeness (QED) is 0.400. The second-order valence-corrected chi connectivity index (χ2v) is 9.13. The van der Waals surface area contributed by atoms with Gasteiger partial charge in [0.25, 0.3) is 0 Å². The first-order valence-corrected chi connectivity index (χ1v) is 8.54. The van der Waals surface area contributed by atoms with Crippen molar-refractivity contribution in [3.8, 4) is 5.88 Å². The molecule has 25 heavy (non-hydrogen) atoms. The Balaban J connectivity index is 2.73. The first kappa shape index (κ1) is 21.8. The Hall–Kier alpha value is -1.20. The van der Waals surface area contributed by atoms with Gasteiger partial charge in [-0.15, -0.1) is 9.24 Å². The normalized spacial score (nSPS) is 12.7. The summed E-state index contributed by atoms with van der Waals surface area (Å²) < 4.78 is 30.0. The number of ether oxygens (including phenoxy) is 2. The highest BCUT2D eigenvalue weighted by atomic mass is 31.0. The van der Waals surface area contributed by atoms with Crippen LogP contribution >= 0.6 is 9.24 Å². The lowest BCUT2D eigenvalue weighted by molar-refractivity contribution is -0.152. The summed E-state index contributed by atoms with van der Waals surface area (Å²) in [7, 11) is 5.51. The van der Waals surface area contributed by atoms with Crippen molar-refractivity contribution in [2.45, 2.75) is 52.3 Å². The molecule has 0 saturated heterocycles. The van der Waals surface area contributed by atoms with Gasteiger partial charge in [-0.25, -0.2) is 9.37 Å². The van der Waals surface area contributed by atoms with Gasteiger partial charge in [0.05, 0.1) is 18.1 Å². The molecule has 0 fully saturated rings. The van der Waals surface area contributed by atoms with E-state index in [1.165, 1.54) is 26.9 Å². The van der Waals surface area contributed by atoms with E-state index in [1.807, 2.05) is 27.7 Å². The molecule has 0 aromatic carbocycles. The van der Waals surface area contributed by atoms with Crippen molar-refractivity contribution >= 4 is 28.2 Å². The largest absolute Gasteiger partial charge is 0.474 e. The number of pyridine rings is 1. The maximum absolute atomic E-state index is 14.2. The molecule has 0 amide bonds. The first-order chi connectivity index (χ1) is 11.3. The van der Waals surface area contributed by atoms with Gasteiger partial charge in [-0.1, -0.05) is 13.8 Å². The summed E-state index contributed by atoms with van der Waals surface area (Å²) in [4.78, 5) is 15.6. The van der Waals surface area contributed by atoms with Gasteiger partial charge in [0.1, 0.15) is 6.61 Å². The number of halogens is 1. The van der Waals surface area contributed by atoms with Gasteiger partial charge < -0.3 is 14.1 Å².